The predicted molar refractivity (Wildman–Crippen MR) is 38.9 cm³/mol. The van der Waals surface area contributed by atoms with Gasteiger partial charge in [0.2, 0.25) is 0 Å². The number of carboxylic acid groups (broad SMARTS) is 1. The Hall–Kier alpha value is -0.790. The first kappa shape index (κ1) is 5.81. The van der Waals surface area contributed by atoms with Crippen molar-refractivity contribution in [2.24, 2.45) is 23.7 Å². The van der Waals surface area contributed by atoms with Crippen molar-refractivity contribution in [1.82, 2.24) is 0 Å². The van der Waals surface area contributed by atoms with Crippen LogP contribution in [0, 0.1) is 23.7 Å². The molecule has 0 spiro atoms. The fourth-order valence-corrected chi connectivity index (χ4v) is 2.98. The van der Waals surface area contributed by atoms with E-state index in [1.165, 1.54) is 0 Å². The number of rotatable bonds is 1. The summed E-state index contributed by atoms with van der Waals surface area (Å²) in [5, 5.41) is 8.80. The van der Waals surface area contributed by atoms with E-state index >= 15 is 0 Å². The molecule has 0 aliphatic heterocycles. The van der Waals surface area contributed by atoms with E-state index in [4.69, 9.17) is 5.11 Å². The number of hydrogen-bond donors (Lipinski definition) is 1. The molecular weight excluding hydrogens is 140 g/mol. The van der Waals surface area contributed by atoms with Gasteiger partial charge in [0, 0.05) is 5.57 Å². The van der Waals surface area contributed by atoms with Crippen LogP contribution in [-0.4, -0.2) is 11.1 Å². The molecule has 2 atom stereocenters. The van der Waals surface area contributed by atoms with Crippen LogP contribution in [0.1, 0.15) is 12.8 Å². The Balaban J connectivity index is 2.02. The fraction of sp³-hybridized carbons (Fsp3) is 0.667. The Morgan fingerprint density at radius 1 is 1.45 bits per heavy atom. The van der Waals surface area contributed by atoms with Gasteiger partial charge in [-0.2, -0.15) is 0 Å². The molecule has 11 heavy (non-hydrogen) atoms. The zero-order valence-electron chi connectivity index (χ0n) is 6.16. The first-order valence-corrected chi connectivity index (χ1v) is 4.22. The molecule has 2 unspecified atom stereocenters. The molecule has 1 N–H and O–H groups in total. The van der Waals surface area contributed by atoms with Crippen LogP contribution in [0.5, 0.6) is 0 Å². The summed E-state index contributed by atoms with van der Waals surface area (Å²) >= 11 is 0. The Morgan fingerprint density at radius 3 is 2.45 bits per heavy atom. The molecule has 0 aromatic heterocycles. The minimum Gasteiger partial charge on any atom is -0.478 e. The molecule has 2 fully saturated rings. The maximum absolute atomic E-state index is 10.7. The Morgan fingerprint density at radius 2 is 2.09 bits per heavy atom. The van der Waals surface area contributed by atoms with Crippen molar-refractivity contribution in [1.29, 1.82) is 0 Å². The van der Waals surface area contributed by atoms with Crippen LogP contribution in [0.4, 0.5) is 0 Å². The molecule has 4 bridgehead atoms. The molecule has 0 heterocycles. The molecule has 2 heteroatoms. The predicted octanol–water partition coefficient (Wildman–Crippen LogP) is 1.28. The Labute approximate surface area is 64.9 Å². The molecule has 0 radical (unpaired) electrons. The van der Waals surface area contributed by atoms with Crippen LogP contribution in [0.15, 0.2) is 11.6 Å². The number of allylic oxidation sites excluding steroid dienone is 1. The lowest BCUT2D eigenvalue weighted by atomic mass is 9.85. The van der Waals surface area contributed by atoms with Crippen molar-refractivity contribution in [2.45, 2.75) is 12.8 Å². The minimum absolute atomic E-state index is 0.410. The summed E-state index contributed by atoms with van der Waals surface area (Å²) in [6.07, 6.45) is 4.33. The van der Waals surface area contributed by atoms with Crippen molar-refractivity contribution >= 4 is 5.97 Å². The van der Waals surface area contributed by atoms with E-state index in [1.54, 1.807) is 0 Å². The normalized spacial score (nSPS) is 50.4. The highest BCUT2D eigenvalue weighted by molar-refractivity contribution is 5.88. The number of aliphatic carboxylic acids is 1. The summed E-state index contributed by atoms with van der Waals surface area (Å²) in [7, 11) is 0. The number of carbonyl (C=O) groups is 1. The lowest BCUT2D eigenvalue weighted by molar-refractivity contribution is -0.133. The fourth-order valence-electron chi connectivity index (χ4n) is 2.98. The highest BCUT2D eigenvalue weighted by Gasteiger charge is 2.59. The monoisotopic (exact) mass is 150 g/mol. The van der Waals surface area contributed by atoms with Gasteiger partial charge in [-0.3, -0.25) is 0 Å². The Kier molecular flexibility index (Phi) is 0.803. The molecule has 58 valence electrons. The second-order valence-corrected chi connectivity index (χ2v) is 4.00. The highest BCUT2D eigenvalue weighted by atomic mass is 16.4. The van der Waals surface area contributed by atoms with E-state index in [1.807, 2.05) is 6.08 Å². The lowest BCUT2D eigenvalue weighted by Gasteiger charge is -2.19. The quantitative estimate of drug-likeness (QED) is 0.611. The van der Waals surface area contributed by atoms with Gasteiger partial charge in [-0.05, 0) is 36.5 Å². The first-order valence-electron chi connectivity index (χ1n) is 4.22. The van der Waals surface area contributed by atoms with E-state index in [-0.39, 0.29) is 0 Å². The molecule has 2 nitrogen and oxygen atoms in total. The van der Waals surface area contributed by atoms with Crippen LogP contribution in [0.25, 0.3) is 0 Å². The van der Waals surface area contributed by atoms with E-state index < -0.39 is 5.97 Å². The lowest BCUT2D eigenvalue weighted by Crippen LogP contribution is -2.17. The van der Waals surface area contributed by atoms with Gasteiger partial charge in [-0.1, -0.05) is 6.08 Å². The van der Waals surface area contributed by atoms with Crippen molar-refractivity contribution in [2.75, 3.05) is 0 Å². The van der Waals surface area contributed by atoms with Gasteiger partial charge in [0.1, 0.15) is 0 Å². The van der Waals surface area contributed by atoms with Gasteiger partial charge in [-0.15, -0.1) is 0 Å². The summed E-state index contributed by atoms with van der Waals surface area (Å²) < 4.78 is 0. The van der Waals surface area contributed by atoms with Crippen molar-refractivity contribution in [3.63, 3.8) is 0 Å². The molecule has 0 aromatic carbocycles. The third-order valence-electron chi connectivity index (χ3n) is 3.57. The number of hydrogen-bond acceptors (Lipinski definition) is 1. The van der Waals surface area contributed by atoms with E-state index in [0.717, 1.165) is 24.7 Å². The van der Waals surface area contributed by atoms with Gasteiger partial charge in [0.25, 0.3) is 0 Å². The third-order valence-corrected chi connectivity index (χ3v) is 3.57. The summed E-state index contributed by atoms with van der Waals surface area (Å²) in [6.45, 7) is 0. The zero-order chi connectivity index (χ0) is 7.59. The second-order valence-electron chi connectivity index (χ2n) is 4.00. The summed E-state index contributed by atoms with van der Waals surface area (Å²) in [6, 6.07) is 0. The minimum atomic E-state index is -0.682. The van der Waals surface area contributed by atoms with E-state index in [9.17, 15) is 4.79 Å². The molecule has 2 saturated carbocycles. The zero-order valence-corrected chi connectivity index (χ0v) is 6.16. The third kappa shape index (κ3) is 0.561. The van der Waals surface area contributed by atoms with Crippen LogP contribution < -0.4 is 0 Å². The molecule has 4 aliphatic rings. The molecular formula is C9H10O2. The maximum atomic E-state index is 10.7. The molecule has 4 rings (SSSR count). The van der Waals surface area contributed by atoms with Crippen LogP contribution in [0.2, 0.25) is 0 Å². The molecule has 4 aliphatic carbocycles. The molecule has 0 amide bonds. The van der Waals surface area contributed by atoms with Gasteiger partial charge in [-0.25, -0.2) is 4.79 Å². The van der Waals surface area contributed by atoms with Crippen LogP contribution in [0.3, 0.4) is 0 Å². The molecule has 0 saturated heterocycles. The van der Waals surface area contributed by atoms with Crippen molar-refractivity contribution in [3.05, 3.63) is 11.6 Å². The average molecular weight is 150 g/mol. The van der Waals surface area contributed by atoms with Gasteiger partial charge < -0.3 is 5.11 Å². The van der Waals surface area contributed by atoms with E-state index in [0.29, 0.717) is 17.4 Å². The van der Waals surface area contributed by atoms with Gasteiger partial charge in [0.05, 0.1) is 0 Å². The highest BCUT2D eigenvalue weighted by Crippen LogP contribution is 2.65. The average Bonchev–Trinajstić information content (AvgIpc) is 2.52. The second kappa shape index (κ2) is 1.52. The van der Waals surface area contributed by atoms with Crippen LogP contribution in [-0.2, 0) is 4.79 Å². The van der Waals surface area contributed by atoms with Crippen molar-refractivity contribution in [3.8, 4) is 0 Å². The van der Waals surface area contributed by atoms with Crippen LogP contribution >= 0.6 is 0 Å². The van der Waals surface area contributed by atoms with E-state index in [2.05, 4.69) is 0 Å². The van der Waals surface area contributed by atoms with Crippen molar-refractivity contribution < 1.29 is 9.90 Å². The summed E-state index contributed by atoms with van der Waals surface area (Å²) in [4.78, 5) is 10.7. The Bertz CT molecular complexity index is 255. The largest absolute Gasteiger partial charge is 0.478 e. The number of carboxylic acids is 1. The van der Waals surface area contributed by atoms with Gasteiger partial charge in [0.15, 0.2) is 0 Å². The smallest absolute Gasteiger partial charge is 0.331 e. The topological polar surface area (TPSA) is 37.3 Å². The maximum Gasteiger partial charge on any atom is 0.331 e. The standard InChI is InChI=1S/C9H10O2/c10-9(11)5-3-8-6-1-4(5)2-7(6)8/h3-4,6-8H,1-2H2,(H,10,11). The first-order chi connectivity index (χ1) is 5.27. The molecule has 0 aromatic rings. The van der Waals surface area contributed by atoms with Gasteiger partial charge >= 0.3 is 5.97 Å². The summed E-state index contributed by atoms with van der Waals surface area (Å²) in [5.74, 6) is 2.14. The summed E-state index contributed by atoms with van der Waals surface area (Å²) in [5.41, 5.74) is 0.708. The SMILES string of the molecule is O=C(O)C1=CC2C3CC1CC23.